The van der Waals surface area contributed by atoms with Crippen molar-refractivity contribution in [2.75, 3.05) is 29.9 Å². The Morgan fingerprint density at radius 1 is 1.09 bits per heavy atom. The van der Waals surface area contributed by atoms with Crippen LogP contribution in [-0.4, -0.2) is 87.7 Å². The molecule has 1 saturated heterocycles. The molecule has 7 unspecified atom stereocenters. The molecule has 0 spiro atoms. The fourth-order valence-corrected chi connectivity index (χ4v) is 9.40. The van der Waals surface area contributed by atoms with E-state index in [2.05, 4.69) is 29.7 Å². The van der Waals surface area contributed by atoms with Gasteiger partial charge < -0.3 is 45.8 Å². The number of fused-ring (bicyclic) bond motifs is 1. The molecule has 9 N–H and O–H groups in total. The maximum atomic E-state index is 12.6. The first-order chi connectivity index (χ1) is 20.1. The lowest BCUT2D eigenvalue weighted by Crippen LogP contribution is -2.33. The number of nitrogens with one attached hydrogen (secondary N) is 2. The van der Waals surface area contributed by atoms with E-state index in [1.165, 1.54) is 30.0 Å². The number of hydrogen-bond acceptors (Lipinski definition) is 13. The molecule has 1 amide bonds. The molecule has 1 aromatic carbocycles. The molecule has 236 valence electrons. The van der Waals surface area contributed by atoms with Crippen molar-refractivity contribution in [3.63, 3.8) is 0 Å². The Labute approximate surface area is 243 Å². The van der Waals surface area contributed by atoms with Gasteiger partial charge in [0.05, 0.1) is 12.9 Å². The number of phosphoric acid groups is 1. The number of nitrogens with two attached hydrogens (primary N) is 1. The van der Waals surface area contributed by atoms with Gasteiger partial charge in [0.25, 0.3) is 0 Å². The third kappa shape index (κ3) is 8.65. The molecular weight excluding hydrogens is 635 g/mol. The Balaban J connectivity index is 1.32. The van der Waals surface area contributed by atoms with Crippen molar-refractivity contribution in [1.82, 2.24) is 24.8 Å². The smallest absolute Gasteiger partial charge is 0.387 e. The number of ether oxygens (including phenoxy) is 1. The van der Waals surface area contributed by atoms with Gasteiger partial charge in [-0.25, -0.2) is 23.8 Å². The molecule has 0 radical (unpaired) electrons. The summed E-state index contributed by atoms with van der Waals surface area (Å²) in [5, 5.41) is 25.7. The van der Waals surface area contributed by atoms with Crippen LogP contribution < -0.4 is 16.1 Å². The second-order valence-corrected chi connectivity index (χ2v) is 15.4. The zero-order valence-corrected chi connectivity index (χ0v) is 25.1. The highest BCUT2D eigenvalue weighted by atomic mass is 31.3. The SMILES string of the molecule is CC(=O)NCCc1ccc(NP(=O)(O)CP(=O)(O)OP(=O)(O)OCC2OC(n3cnc4c(N)ncnc43)C(O)C2O)cc1. The topological polar surface area (TPSA) is 291 Å². The van der Waals surface area contributed by atoms with Crippen LogP contribution in [0.3, 0.4) is 0 Å². The molecule has 0 bridgehead atoms. The molecule has 22 heteroatoms. The molecule has 2 aromatic heterocycles. The minimum atomic E-state index is -5.36. The molecule has 1 fully saturated rings. The predicted octanol–water partition coefficient (Wildman–Crippen LogP) is 0.280. The number of carbonyl (C=O) groups is 1. The summed E-state index contributed by atoms with van der Waals surface area (Å²) in [6, 6.07) is 6.07. The minimum absolute atomic E-state index is 0.0548. The van der Waals surface area contributed by atoms with Crippen LogP contribution in [0.25, 0.3) is 11.2 Å². The van der Waals surface area contributed by atoms with Gasteiger partial charge in [-0.1, -0.05) is 12.1 Å². The van der Waals surface area contributed by atoms with E-state index in [1.807, 2.05) is 0 Å². The quantitative estimate of drug-likeness (QED) is 0.114. The van der Waals surface area contributed by atoms with Crippen molar-refractivity contribution in [3.8, 4) is 0 Å². The lowest BCUT2D eigenvalue weighted by Gasteiger charge is -2.21. The summed E-state index contributed by atoms with van der Waals surface area (Å²) >= 11 is 0. The molecule has 7 atom stereocenters. The van der Waals surface area contributed by atoms with E-state index < -0.39 is 60.0 Å². The van der Waals surface area contributed by atoms with Crippen LogP contribution >= 0.6 is 22.9 Å². The second-order valence-electron chi connectivity index (χ2n) is 9.50. The predicted molar refractivity (Wildman–Crippen MR) is 149 cm³/mol. The zero-order chi connectivity index (χ0) is 31.6. The molecule has 0 saturated carbocycles. The number of aromatic nitrogens is 4. The van der Waals surface area contributed by atoms with Gasteiger partial charge in [-0.3, -0.25) is 23.0 Å². The number of carbonyl (C=O) groups excluding carboxylic acids is 1. The largest absolute Gasteiger partial charge is 0.479 e. The lowest BCUT2D eigenvalue weighted by molar-refractivity contribution is -0.118. The molecule has 3 heterocycles. The van der Waals surface area contributed by atoms with E-state index in [9.17, 15) is 43.4 Å². The summed E-state index contributed by atoms with van der Waals surface area (Å²) in [5.41, 5.74) is 7.02. The summed E-state index contributed by atoms with van der Waals surface area (Å²) in [6.45, 7) is 0.870. The van der Waals surface area contributed by atoms with Crippen LogP contribution in [0, 0.1) is 0 Å². The highest BCUT2D eigenvalue weighted by Gasteiger charge is 2.46. The fourth-order valence-electron chi connectivity index (χ4n) is 4.14. The van der Waals surface area contributed by atoms with Crippen molar-refractivity contribution in [2.24, 2.45) is 0 Å². The molecule has 3 aromatic rings. The van der Waals surface area contributed by atoms with Crippen LogP contribution in [0.2, 0.25) is 0 Å². The van der Waals surface area contributed by atoms with Crippen LogP contribution in [0.15, 0.2) is 36.9 Å². The van der Waals surface area contributed by atoms with Gasteiger partial charge in [-0.05, 0) is 24.1 Å². The summed E-state index contributed by atoms with van der Waals surface area (Å²) in [6.07, 6.45) is -3.06. The Morgan fingerprint density at radius 2 is 1.79 bits per heavy atom. The summed E-state index contributed by atoms with van der Waals surface area (Å²) < 4.78 is 53.3. The third-order valence-corrected chi connectivity index (χ3v) is 11.9. The van der Waals surface area contributed by atoms with Crippen LogP contribution in [-0.2, 0) is 38.5 Å². The first kappa shape index (κ1) is 33.1. The first-order valence-electron chi connectivity index (χ1n) is 12.4. The van der Waals surface area contributed by atoms with Gasteiger partial charge in [0, 0.05) is 19.2 Å². The van der Waals surface area contributed by atoms with Gasteiger partial charge in [-0.2, -0.15) is 0 Å². The normalized spacial score (nSPS) is 24.6. The number of hydrogen-bond donors (Lipinski definition) is 8. The highest BCUT2D eigenvalue weighted by Crippen LogP contribution is 2.65. The molecule has 1 aliphatic heterocycles. The molecular formula is C21H30N7O12P3. The molecule has 43 heavy (non-hydrogen) atoms. The Morgan fingerprint density at radius 3 is 2.47 bits per heavy atom. The summed E-state index contributed by atoms with van der Waals surface area (Å²) in [7, 11) is -15.2. The van der Waals surface area contributed by atoms with Gasteiger partial charge in [0.2, 0.25) is 5.91 Å². The number of amides is 1. The Bertz CT molecular complexity index is 1610. The molecule has 4 rings (SSSR count). The fraction of sp³-hybridized carbons (Fsp3) is 0.429. The molecule has 19 nitrogen and oxygen atoms in total. The summed E-state index contributed by atoms with van der Waals surface area (Å²) in [4.78, 5) is 53.1. The van der Waals surface area contributed by atoms with Crippen LogP contribution in [0.5, 0.6) is 0 Å². The van der Waals surface area contributed by atoms with Crippen LogP contribution in [0.4, 0.5) is 11.5 Å². The van der Waals surface area contributed by atoms with Crippen molar-refractivity contribution >= 4 is 51.5 Å². The molecule has 0 aliphatic carbocycles. The van der Waals surface area contributed by atoms with Gasteiger partial charge in [-0.15, -0.1) is 0 Å². The Kier molecular flexibility index (Phi) is 10.1. The van der Waals surface area contributed by atoms with E-state index >= 15 is 0 Å². The summed E-state index contributed by atoms with van der Waals surface area (Å²) in [5.74, 6) is -1.59. The number of aliphatic hydroxyl groups excluding tert-OH is 2. The average molecular weight is 665 g/mol. The van der Waals surface area contributed by atoms with E-state index in [0.717, 1.165) is 11.9 Å². The monoisotopic (exact) mass is 665 g/mol. The van der Waals surface area contributed by atoms with Crippen molar-refractivity contribution < 1.29 is 57.0 Å². The first-order valence-corrected chi connectivity index (χ1v) is 17.5. The average Bonchev–Trinajstić information content (AvgIpc) is 3.44. The minimum Gasteiger partial charge on any atom is -0.387 e. The number of rotatable bonds is 13. The van der Waals surface area contributed by atoms with E-state index in [-0.39, 0.29) is 28.6 Å². The van der Waals surface area contributed by atoms with E-state index in [1.54, 1.807) is 12.1 Å². The molecule has 1 aliphatic rings. The van der Waals surface area contributed by atoms with Crippen molar-refractivity contribution in [3.05, 3.63) is 42.5 Å². The van der Waals surface area contributed by atoms with Gasteiger partial charge >= 0.3 is 22.9 Å². The highest BCUT2D eigenvalue weighted by molar-refractivity contribution is 7.76. The van der Waals surface area contributed by atoms with E-state index in [4.69, 9.17) is 15.0 Å². The maximum Gasteiger partial charge on any atom is 0.479 e. The zero-order valence-electron chi connectivity index (χ0n) is 22.4. The number of anilines is 2. The van der Waals surface area contributed by atoms with Gasteiger partial charge in [0.1, 0.15) is 36.1 Å². The van der Waals surface area contributed by atoms with Crippen molar-refractivity contribution in [2.45, 2.75) is 37.9 Å². The Hall–Kier alpha value is -2.79. The van der Waals surface area contributed by atoms with Gasteiger partial charge in [0.15, 0.2) is 17.7 Å². The number of imidazole rings is 1. The number of benzene rings is 1. The number of nitrogen functional groups attached to an aromatic ring is 1. The number of phosphoric ester groups is 1. The third-order valence-electron chi connectivity index (χ3n) is 6.05. The maximum absolute atomic E-state index is 12.6. The lowest BCUT2D eigenvalue weighted by atomic mass is 10.1. The van der Waals surface area contributed by atoms with E-state index in [0.29, 0.717) is 13.0 Å². The number of nitrogens with zero attached hydrogens (tertiary/aromatic N) is 4. The standard InChI is InChI=1S/C21H30N7O12P3/c1-12(29)23-7-6-13-2-4-14(5-3-13)27-41(32,33)11-42(34,35)40-43(36,37)38-8-15-17(30)18(31)21(39-15)28-10-26-16-19(22)24-9-25-20(16)28/h2-5,9-10,15,17-18,21,30-31H,6-8,11H2,1H3,(H,23,29)(H,34,35)(H,36,37)(H2,22,24,25)(H2,27,32,33). The number of aliphatic hydroxyl groups is 2. The van der Waals surface area contributed by atoms with Crippen LogP contribution in [0.1, 0.15) is 18.7 Å². The second kappa shape index (κ2) is 13.1. The van der Waals surface area contributed by atoms with Crippen molar-refractivity contribution in [1.29, 1.82) is 0 Å².